The Bertz CT molecular complexity index is 995. The van der Waals surface area contributed by atoms with Gasteiger partial charge in [-0.15, -0.1) is 0 Å². The Kier molecular flexibility index (Phi) is 4.73. The number of aromatic amines is 1. The number of amides is 2. The number of nitrogens with one attached hydrogen (secondary N) is 2. The largest absolute Gasteiger partial charge is 0.361 e. The molecule has 0 saturated carbocycles. The zero-order chi connectivity index (χ0) is 19.8. The highest BCUT2D eigenvalue weighted by Gasteiger charge is 2.43. The van der Waals surface area contributed by atoms with Gasteiger partial charge in [0, 0.05) is 50.2 Å². The third-order valence-electron chi connectivity index (χ3n) is 6.28. The zero-order valence-electron chi connectivity index (χ0n) is 16.7. The Balaban J connectivity index is 1.54. The van der Waals surface area contributed by atoms with Gasteiger partial charge >= 0.3 is 6.03 Å². The molecule has 6 nitrogen and oxygen atoms in total. The fourth-order valence-electron chi connectivity index (χ4n) is 4.69. The van der Waals surface area contributed by atoms with Crippen LogP contribution >= 0.6 is 0 Å². The Labute approximate surface area is 171 Å². The molecule has 5 rings (SSSR count). The van der Waals surface area contributed by atoms with E-state index in [9.17, 15) is 4.79 Å². The molecule has 150 valence electrons. The van der Waals surface area contributed by atoms with Crippen molar-refractivity contribution in [3.05, 3.63) is 66.4 Å². The zero-order valence-corrected chi connectivity index (χ0v) is 16.7. The number of hydrogen-bond donors (Lipinski definition) is 2. The molecule has 0 aliphatic carbocycles. The van der Waals surface area contributed by atoms with Gasteiger partial charge in [0.2, 0.25) is 0 Å². The van der Waals surface area contributed by atoms with Gasteiger partial charge in [0.25, 0.3) is 0 Å². The first-order chi connectivity index (χ1) is 14.2. The molecule has 1 aromatic heterocycles. The van der Waals surface area contributed by atoms with E-state index >= 15 is 0 Å². The van der Waals surface area contributed by atoms with Gasteiger partial charge in [-0.25, -0.2) is 4.79 Å². The summed E-state index contributed by atoms with van der Waals surface area (Å²) in [5, 5.41) is 4.58. The van der Waals surface area contributed by atoms with E-state index in [1.54, 1.807) is 0 Å². The van der Waals surface area contributed by atoms with Crippen molar-refractivity contribution in [1.29, 1.82) is 0 Å². The lowest BCUT2D eigenvalue weighted by Gasteiger charge is -2.37. The molecule has 0 bridgehead atoms. The predicted octanol–water partition coefficient (Wildman–Crippen LogP) is 3.40. The molecular weight excluding hydrogens is 362 g/mol. The summed E-state index contributed by atoms with van der Waals surface area (Å²) >= 11 is 0. The summed E-state index contributed by atoms with van der Waals surface area (Å²) in [4.78, 5) is 23.4. The van der Waals surface area contributed by atoms with Crippen molar-refractivity contribution in [2.75, 3.05) is 37.6 Å². The highest BCUT2D eigenvalue weighted by Crippen LogP contribution is 2.38. The van der Waals surface area contributed by atoms with Crippen LogP contribution in [-0.2, 0) is 0 Å². The van der Waals surface area contributed by atoms with Crippen LogP contribution in [0.15, 0.2) is 60.8 Å². The molecule has 2 fully saturated rings. The summed E-state index contributed by atoms with van der Waals surface area (Å²) in [7, 11) is 0. The summed E-state index contributed by atoms with van der Waals surface area (Å²) in [5.41, 5.74) is 3.23. The van der Waals surface area contributed by atoms with E-state index in [1.165, 1.54) is 10.9 Å². The van der Waals surface area contributed by atoms with Crippen molar-refractivity contribution in [2.45, 2.75) is 19.1 Å². The minimum atomic E-state index is -0.0300. The van der Waals surface area contributed by atoms with Gasteiger partial charge in [0.05, 0.1) is 17.7 Å². The fraction of sp³-hybridized carbons (Fsp3) is 0.348. The number of piperazine rings is 1. The van der Waals surface area contributed by atoms with Crippen molar-refractivity contribution in [3.63, 3.8) is 0 Å². The molecule has 2 aromatic carbocycles. The van der Waals surface area contributed by atoms with Crippen molar-refractivity contribution in [1.82, 2.24) is 20.1 Å². The van der Waals surface area contributed by atoms with Gasteiger partial charge in [-0.1, -0.05) is 36.4 Å². The molecule has 2 atom stereocenters. The number of hydrogen-bond acceptors (Lipinski definition) is 3. The fourth-order valence-corrected chi connectivity index (χ4v) is 4.69. The average molecular weight is 390 g/mol. The predicted molar refractivity (Wildman–Crippen MR) is 116 cm³/mol. The van der Waals surface area contributed by atoms with Crippen LogP contribution in [0.1, 0.15) is 18.5 Å². The number of fused-ring (bicyclic) bond motifs is 1. The van der Waals surface area contributed by atoms with E-state index in [0.717, 1.165) is 37.4 Å². The molecule has 2 saturated heterocycles. The highest BCUT2D eigenvalue weighted by atomic mass is 16.2. The van der Waals surface area contributed by atoms with Gasteiger partial charge in [-0.05, 0) is 30.5 Å². The van der Waals surface area contributed by atoms with Gasteiger partial charge in [-0.2, -0.15) is 0 Å². The first-order valence-electron chi connectivity index (χ1n) is 10.4. The number of para-hydroxylation sites is 2. The molecule has 0 spiro atoms. The Morgan fingerprint density at radius 1 is 1.00 bits per heavy atom. The SMILES string of the molecule is CC(N1CCNCC1)N1CC(c2cccc3cc[nH]c23)N(c2ccccc2)C1=O. The standard InChI is InChI=1S/C23H27N5O/c1-17(26-14-12-24-13-15-26)27-16-21(20-9-5-6-18-10-11-25-22(18)20)28(23(27)29)19-7-3-2-4-8-19/h2-11,17,21,24-25H,12-16H2,1H3. The molecule has 29 heavy (non-hydrogen) atoms. The van der Waals surface area contributed by atoms with E-state index < -0.39 is 0 Å². The average Bonchev–Trinajstić information content (AvgIpc) is 3.39. The van der Waals surface area contributed by atoms with E-state index in [0.29, 0.717) is 6.54 Å². The third kappa shape index (κ3) is 3.18. The summed E-state index contributed by atoms with van der Waals surface area (Å²) < 4.78 is 0. The first-order valence-corrected chi connectivity index (χ1v) is 10.4. The molecular formula is C23H27N5O. The number of carbonyl (C=O) groups excluding carboxylic acids is 1. The second kappa shape index (κ2) is 7.54. The van der Waals surface area contributed by atoms with Crippen molar-refractivity contribution in [2.24, 2.45) is 0 Å². The van der Waals surface area contributed by atoms with E-state index in [4.69, 9.17) is 0 Å². The third-order valence-corrected chi connectivity index (χ3v) is 6.28. The molecule has 2 aliphatic heterocycles. The Hall–Kier alpha value is -2.83. The van der Waals surface area contributed by atoms with Gasteiger partial charge in [0.15, 0.2) is 0 Å². The number of nitrogens with zero attached hydrogens (tertiary/aromatic N) is 3. The molecule has 6 heteroatoms. The lowest BCUT2D eigenvalue weighted by Crippen LogP contribution is -2.54. The van der Waals surface area contributed by atoms with Crippen LogP contribution in [0.4, 0.5) is 10.5 Å². The number of rotatable bonds is 4. The van der Waals surface area contributed by atoms with Crippen LogP contribution in [0.3, 0.4) is 0 Å². The second-order valence-corrected chi connectivity index (χ2v) is 7.86. The van der Waals surface area contributed by atoms with Gasteiger partial charge in [-0.3, -0.25) is 9.80 Å². The van der Waals surface area contributed by atoms with E-state index in [2.05, 4.69) is 46.4 Å². The summed E-state index contributed by atoms with van der Waals surface area (Å²) in [6.45, 7) is 6.71. The number of urea groups is 1. The molecule has 2 N–H and O–H groups in total. The Morgan fingerprint density at radius 3 is 2.59 bits per heavy atom. The molecule has 2 amide bonds. The first kappa shape index (κ1) is 18.2. The van der Waals surface area contributed by atoms with Crippen LogP contribution in [0.2, 0.25) is 0 Å². The number of benzene rings is 2. The van der Waals surface area contributed by atoms with Crippen LogP contribution in [0.25, 0.3) is 10.9 Å². The topological polar surface area (TPSA) is 54.6 Å². The normalized spacial score (nSPS) is 21.8. The van der Waals surface area contributed by atoms with Crippen LogP contribution in [0, 0.1) is 0 Å². The molecule has 0 radical (unpaired) electrons. The van der Waals surface area contributed by atoms with E-state index in [1.807, 2.05) is 46.3 Å². The molecule has 2 aliphatic rings. The highest BCUT2D eigenvalue weighted by molar-refractivity contribution is 5.97. The summed E-state index contributed by atoms with van der Waals surface area (Å²) in [5.74, 6) is 0. The maximum atomic E-state index is 13.6. The minimum absolute atomic E-state index is 0.0300. The van der Waals surface area contributed by atoms with Crippen molar-refractivity contribution >= 4 is 22.6 Å². The lowest BCUT2D eigenvalue weighted by molar-refractivity contribution is 0.0797. The minimum Gasteiger partial charge on any atom is -0.361 e. The quantitative estimate of drug-likeness (QED) is 0.719. The Morgan fingerprint density at radius 2 is 1.79 bits per heavy atom. The maximum absolute atomic E-state index is 13.6. The van der Waals surface area contributed by atoms with Gasteiger partial charge in [0.1, 0.15) is 0 Å². The second-order valence-electron chi connectivity index (χ2n) is 7.86. The van der Waals surface area contributed by atoms with E-state index in [-0.39, 0.29) is 18.2 Å². The van der Waals surface area contributed by atoms with Crippen molar-refractivity contribution < 1.29 is 4.79 Å². The smallest absolute Gasteiger partial charge is 0.326 e. The van der Waals surface area contributed by atoms with Gasteiger partial charge < -0.3 is 15.2 Å². The number of carbonyl (C=O) groups is 1. The summed E-state index contributed by atoms with van der Waals surface area (Å²) in [6, 6.07) is 18.5. The molecule has 3 aromatic rings. The number of aromatic nitrogens is 1. The lowest BCUT2D eigenvalue weighted by atomic mass is 10.0. The van der Waals surface area contributed by atoms with Crippen LogP contribution < -0.4 is 10.2 Å². The van der Waals surface area contributed by atoms with Crippen molar-refractivity contribution in [3.8, 4) is 0 Å². The number of H-pyrrole nitrogens is 1. The molecule has 3 heterocycles. The molecule has 2 unspecified atom stereocenters. The van der Waals surface area contributed by atoms with Crippen LogP contribution in [0.5, 0.6) is 0 Å². The summed E-state index contributed by atoms with van der Waals surface area (Å²) in [6.07, 6.45) is 2.04. The number of anilines is 1. The monoisotopic (exact) mass is 389 g/mol. The van der Waals surface area contributed by atoms with Crippen LogP contribution in [-0.4, -0.2) is 59.7 Å². The maximum Gasteiger partial charge on any atom is 0.326 e.